The molecule has 0 fully saturated rings. The van der Waals surface area contributed by atoms with E-state index >= 15 is 0 Å². The van der Waals surface area contributed by atoms with Gasteiger partial charge in [0, 0.05) is 15.9 Å². The van der Waals surface area contributed by atoms with Crippen LogP contribution in [-0.4, -0.2) is 32.5 Å². The first-order valence-corrected chi connectivity index (χ1v) is 16.1. The quantitative estimate of drug-likeness (QED) is 0.136. The fraction of sp³-hybridized carbons (Fsp3) is 0.206. The van der Waals surface area contributed by atoms with Crippen LogP contribution in [0.5, 0.6) is 23.0 Å². The average molecular weight is 633 g/mol. The molecule has 1 amide bonds. The third kappa shape index (κ3) is 7.18. The third-order valence-corrected chi connectivity index (χ3v) is 8.97. The lowest BCUT2D eigenvalue weighted by molar-refractivity contribution is 0.0976. The van der Waals surface area contributed by atoms with E-state index in [-0.39, 0.29) is 10.6 Å². The Hall–Kier alpha value is -4.47. The van der Waals surface area contributed by atoms with E-state index in [9.17, 15) is 13.2 Å². The van der Waals surface area contributed by atoms with E-state index in [1.165, 1.54) is 24.3 Å². The smallest absolute Gasteiger partial charge is 0.281 e. The Bertz CT molecular complexity index is 1860. The van der Waals surface area contributed by atoms with Gasteiger partial charge in [-0.1, -0.05) is 29.8 Å². The summed E-state index contributed by atoms with van der Waals surface area (Å²) < 4.78 is 45.8. The average Bonchev–Trinajstić information content (AvgIpc) is 3.38. The van der Waals surface area contributed by atoms with E-state index in [0.29, 0.717) is 37.6 Å². The minimum atomic E-state index is -4.16. The standard InChI is InChI=1S/C34H33ClN2O6S/c1-4-41-24-11-13-25(14-12-24)43-26-15-17-28(18-16-26)44(39,40)37-34(38)33-30(29-8-5-6-10-31(29)36-33)9-7-19-42-27-20-22(2)32(35)23(3)21-27/h5-6,8,10-18,20-21,36H,4,7,9,19H2,1-3H3,(H,37,38). The van der Waals surface area contributed by atoms with Crippen LogP contribution < -0.4 is 18.9 Å². The van der Waals surface area contributed by atoms with Crippen molar-refractivity contribution in [1.29, 1.82) is 0 Å². The minimum Gasteiger partial charge on any atom is -0.494 e. The molecule has 1 aromatic heterocycles. The molecule has 0 saturated carbocycles. The van der Waals surface area contributed by atoms with Crippen LogP contribution in [0.25, 0.3) is 10.9 Å². The molecular weight excluding hydrogens is 600 g/mol. The van der Waals surface area contributed by atoms with E-state index in [1.807, 2.05) is 57.2 Å². The number of carbonyl (C=O) groups excluding carboxylic acids is 1. The normalized spacial score (nSPS) is 11.4. The number of rotatable bonds is 12. The molecule has 5 aromatic rings. The number of aromatic amines is 1. The highest BCUT2D eigenvalue weighted by Gasteiger charge is 2.23. The lowest BCUT2D eigenvalue weighted by Crippen LogP contribution is -2.31. The number of ether oxygens (including phenoxy) is 3. The molecule has 0 aliphatic heterocycles. The van der Waals surface area contributed by atoms with Crippen molar-refractivity contribution in [2.45, 2.75) is 38.5 Å². The zero-order chi connectivity index (χ0) is 31.3. The molecule has 0 radical (unpaired) electrons. The molecule has 0 unspecified atom stereocenters. The Kier molecular flexibility index (Phi) is 9.46. The fourth-order valence-electron chi connectivity index (χ4n) is 4.91. The first-order chi connectivity index (χ1) is 21.1. The maximum Gasteiger partial charge on any atom is 0.281 e. The molecule has 0 aliphatic carbocycles. The lowest BCUT2D eigenvalue weighted by atomic mass is 10.1. The predicted octanol–water partition coefficient (Wildman–Crippen LogP) is 7.76. The molecule has 2 N–H and O–H groups in total. The molecular formula is C34H33ClN2O6S. The minimum absolute atomic E-state index is 0.0653. The second kappa shape index (κ2) is 13.4. The number of H-pyrrole nitrogens is 1. The summed E-state index contributed by atoms with van der Waals surface area (Å²) in [6.45, 7) is 6.74. The maximum atomic E-state index is 13.4. The molecule has 0 aliphatic rings. The van der Waals surface area contributed by atoms with Crippen LogP contribution in [0.3, 0.4) is 0 Å². The third-order valence-electron chi connectivity index (χ3n) is 7.02. The van der Waals surface area contributed by atoms with Crippen molar-refractivity contribution < 1.29 is 27.4 Å². The summed E-state index contributed by atoms with van der Waals surface area (Å²) in [6, 6.07) is 24.2. The molecule has 0 bridgehead atoms. The van der Waals surface area contributed by atoms with Crippen molar-refractivity contribution in [1.82, 2.24) is 9.71 Å². The number of aromatic nitrogens is 1. The van der Waals surface area contributed by atoms with Crippen LogP contribution in [-0.2, 0) is 16.4 Å². The number of fused-ring (bicyclic) bond motifs is 1. The van der Waals surface area contributed by atoms with E-state index in [0.717, 1.165) is 44.1 Å². The highest BCUT2D eigenvalue weighted by Crippen LogP contribution is 2.28. The number of halogens is 1. The van der Waals surface area contributed by atoms with Gasteiger partial charge in [-0.05, 0) is 117 Å². The Balaban J connectivity index is 1.26. The summed E-state index contributed by atoms with van der Waals surface area (Å²) in [5.41, 5.74) is 3.54. The summed E-state index contributed by atoms with van der Waals surface area (Å²) in [7, 11) is -4.16. The van der Waals surface area contributed by atoms with E-state index < -0.39 is 15.9 Å². The number of hydrogen-bond donors (Lipinski definition) is 2. The van der Waals surface area contributed by atoms with Crippen molar-refractivity contribution in [3.05, 3.63) is 112 Å². The first-order valence-electron chi connectivity index (χ1n) is 14.2. The van der Waals surface area contributed by atoms with Crippen LogP contribution in [0.15, 0.2) is 89.8 Å². The Labute approximate surface area is 262 Å². The van der Waals surface area contributed by atoms with Crippen LogP contribution in [0.2, 0.25) is 5.02 Å². The number of sulfonamides is 1. The van der Waals surface area contributed by atoms with Crippen LogP contribution >= 0.6 is 11.6 Å². The van der Waals surface area contributed by atoms with Crippen LogP contribution in [0.4, 0.5) is 0 Å². The second-order valence-electron chi connectivity index (χ2n) is 10.3. The van der Waals surface area contributed by atoms with Gasteiger partial charge >= 0.3 is 0 Å². The predicted molar refractivity (Wildman–Crippen MR) is 172 cm³/mol. The lowest BCUT2D eigenvalue weighted by Gasteiger charge is -2.11. The number of aryl methyl sites for hydroxylation is 3. The van der Waals surface area contributed by atoms with Crippen molar-refractivity contribution in [2.75, 3.05) is 13.2 Å². The van der Waals surface area contributed by atoms with Crippen molar-refractivity contribution >= 4 is 38.4 Å². The Morgan fingerprint density at radius 2 is 1.45 bits per heavy atom. The van der Waals surface area contributed by atoms with E-state index in [1.54, 1.807) is 24.3 Å². The summed E-state index contributed by atoms with van der Waals surface area (Å²) in [5.74, 6) is 1.74. The molecule has 0 spiro atoms. The SMILES string of the molecule is CCOc1ccc(Oc2ccc(S(=O)(=O)NC(=O)c3[nH]c4ccccc4c3CCCOc3cc(C)c(Cl)c(C)c3)cc2)cc1. The number of benzene rings is 4. The number of amides is 1. The van der Waals surface area contributed by atoms with Crippen molar-refractivity contribution in [3.8, 4) is 23.0 Å². The van der Waals surface area contributed by atoms with Gasteiger partial charge in [0.15, 0.2) is 0 Å². The maximum absolute atomic E-state index is 13.4. The largest absolute Gasteiger partial charge is 0.494 e. The van der Waals surface area contributed by atoms with Gasteiger partial charge in [-0.3, -0.25) is 4.79 Å². The molecule has 4 aromatic carbocycles. The molecule has 228 valence electrons. The summed E-state index contributed by atoms with van der Waals surface area (Å²) in [5, 5.41) is 1.57. The number of carbonyl (C=O) groups is 1. The van der Waals surface area contributed by atoms with Gasteiger partial charge in [0.1, 0.15) is 28.7 Å². The van der Waals surface area contributed by atoms with Gasteiger partial charge in [0.05, 0.1) is 18.1 Å². The molecule has 1 heterocycles. The van der Waals surface area contributed by atoms with Crippen LogP contribution in [0.1, 0.15) is 40.5 Å². The van der Waals surface area contributed by atoms with Gasteiger partial charge in [0.25, 0.3) is 15.9 Å². The molecule has 10 heteroatoms. The van der Waals surface area contributed by atoms with Crippen LogP contribution in [0, 0.1) is 13.8 Å². The number of nitrogens with one attached hydrogen (secondary N) is 2. The highest BCUT2D eigenvalue weighted by molar-refractivity contribution is 7.90. The van der Waals surface area contributed by atoms with E-state index in [2.05, 4.69) is 9.71 Å². The Morgan fingerprint density at radius 1 is 0.841 bits per heavy atom. The van der Waals surface area contributed by atoms with Gasteiger partial charge in [-0.25, -0.2) is 13.1 Å². The summed E-state index contributed by atoms with van der Waals surface area (Å²) >= 11 is 6.27. The van der Waals surface area contributed by atoms with Gasteiger partial charge in [-0.15, -0.1) is 0 Å². The topological polar surface area (TPSA) is 107 Å². The van der Waals surface area contributed by atoms with Gasteiger partial charge in [0.2, 0.25) is 0 Å². The molecule has 44 heavy (non-hydrogen) atoms. The first kappa shape index (κ1) is 31.0. The Morgan fingerprint density at radius 3 is 2.11 bits per heavy atom. The fourth-order valence-corrected chi connectivity index (χ4v) is 5.97. The highest BCUT2D eigenvalue weighted by atomic mass is 35.5. The van der Waals surface area contributed by atoms with Crippen molar-refractivity contribution in [3.63, 3.8) is 0 Å². The zero-order valence-corrected chi connectivity index (χ0v) is 26.2. The molecule has 8 nitrogen and oxygen atoms in total. The molecule has 0 atom stereocenters. The van der Waals surface area contributed by atoms with Crippen molar-refractivity contribution in [2.24, 2.45) is 0 Å². The van der Waals surface area contributed by atoms with E-state index in [4.69, 9.17) is 25.8 Å². The zero-order valence-electron chi connectivity index (χ0n) is 24.6. The second-order valence-corrected chi connectivity index (χ2v) is 12.3. The number of para-hydroxylation sites is 1. The molecule has 5 rings (SSSR count). The monoisotopic (exact) mass is 632 g/mol. The molecule has 0 saturated heterocycles. The summed E-state index contributed by atoms with van der Waals surface area (Å²) in [6.07, 6.45) is 1.10. The van der Waals surface area contributed by atoms with Gasteiger partial charge in [-0.2, -0.15) is 0 Å². The number of hydrogen-bond acceptors (Lipinski definition) is 6. The summed E-state index contributed by atoms with van der Waals surface area (Å²) in [4.78, 5) is 16.4. The van der Waals surface area contributed by atoms with Gasteiger partial charge < -0.3 is 19.2 Å².